The molecule has 0 fully saturated rings. The molecule has 20 heavy (non-hydrogen) atoms. The van der Waals surface area contributed by atoms with Gasteiger partial charge in [0.1, 0.15) is 0 Å². The van der Waals surface area contributed by atoms with Crippen molar-refractivity contribution in [1.29, 1.82) is 0 Å². The van der Waals surface area contributed by atoms with E-state index >= 15 is 0 Å². The van der Waals surface area contributed by atoms with Gasteiger partial charge in [-0.2, -0.15) is 0 Å². The lowest BCUT2D eigenvalue weighted by atomic mass is 10.1. The van der Waals surface area contributed by atoms with Crippen molar-refractivity contribution in [1.82, 2.24) is 5.32 Å². The molecule has 0 aliphatic rings. The molecule has 2 rings (SSSR count). The number of carboxylic acid groups (broad SMARTS) is 1. The lowest BCUT2D eigenvalue weighted by molar-refractivity contribution is -0.137. The first-order chi connectivity index (χ1) is 9.49. The second-order valence-electron chi connectivity index (χ2n) is 4.97. The van der Waals surface area contributed by atoms with E-state index in [4.69, 9.17) is 5.11 Å². The smallest absolute Gasteiger partial charge is 0.303 e. The topological polar surface area (TPSA) is 66.4 Å². The van der Waals surface area contributed by atoms with E-state index in [-0.39, 0.29) is 18.2 Å². The molecule has 2 aromatic rings. The van der Waals surface area contributed by atoms with E-state index in [1.54, 1.807) is 0 Å². The molecule has 1 aromatic carbocycles. The number of fused-ring (bicyclic) bond motifs is 1. The molecule has 0 spiro atoms. The van der Waals surface area contributed by atoms with Gasteiger partial charge in [-0.1, -0.05) is 25.1 Å². The minimum absolute atomic E-state index is 0.0612. The molecule has 0 saturated heterocycles. The van der Waals surface area contributed by atoms with Crippen LogP contribution in [0.4, 0.5) is 0 Å². The normalized spacial score (nSPS) is 12.3. The molecule has 0 saturated carbocycles. The molecule has 2 N–H and O–H groups in total. The number of hydrogen-bond donors (Lipinski definition) is 2. The molecule has 1 atom stereocenters. The van der Waals surface area contributed by atoms with Crippen LogP contribution < -0.4 is 5.32 Å². The van der Waals surface area contributed by atoms with Crippen LogP contribution >= 0.6 is 11.3 Å². The number of benzene rings is 1. The number of aliphatic carboxylic acids is 1. The van der Waals surface area contributed by atoms with Gasteiger partial charge >= 0.3 is 5.97 Å². The summed E-state index contributed by atoms with van der Waals surface area (Å²) in [5.74, 6) is -1.04. The second kappa shape index (κ2) is 6.05. The highest BCUT2D eigenvalue weighted by Gasteiger charge is 2.16. The number of nitrogens with one attached hydrogen (secondary N) is 1. The Morgan fingerprint density at radius 2 is 2.05 bits per heavy atom. The van der Waals surface area contributed by atoms with Crippen LogP contribution in [-0.2, 0) is 4.79 Å². The fourth-order valence-electron chi connectivity index (χ4n) is 2.11. The minimum atomic E-state index is -0.843. The summed E-state index contributed by atoms with van der Waals surface area (Å²) in [6, 6.07) is 7.91. The lowest BCUT2D eigenvalue weighted by Gasteiger charge is -2.09. The molecule has 5 heteroatoms. The first kappa shape index (κ1) is 14.5. The van der Waals surface area contributed by atoms with Crippen LogP contribution in [0.5, 0.6) is 0 Å². The van der Waals surface area contributed by atoms with Crippen molar-refractivity contribution in [2.24, 2.45) is 5.92 Å². The van der Waals surface area contributed by atoms with Crippen molar-refractivity contribution in [3.8, 4) is 0 Å². The molecule has 1 amide bonds. The van der Waals surface area contributed by atoms with Gasteiger partial charge in [0.25, 0.3) is 5.91 Å². The fraction of sp³-hybridized carbons (Fsp3) is 0.333. The molecular formula is C15H17NO3S. The van der Waals surface area contributed by atoms with Crippen LogP contribution in [0.2, 0.25) is 0 Å². The quantitative estimate of drug-likeness (QED) is 0.889. The van der Waals surface area contributed by atoms with Gasteiger partial charge in [0, 0.05) is 17.7 Å². The van der Waals surface area contributed by atoms with E-state index in [9.17, 15) is 9.59 Å². The third kappa shape index (κ3) is 3.17. The van der Waals surface area contributed by atoms with Crippen LogP contribution in [0.1, 0.15) is 28.6 Å². The van der Waals surface area contributed by atoms with E-state index in [1.165, 1.54) is 11.3 Å². The Kier molecular flexibility index (Phi) is 4.39. The zero-order chi connectivity index (χ0) is 14.7. The third-order valence-electron chi connectivity index (χ3n) is 3.18. The Labute approximate surface area is 121 Å². The lowest BCUT2D eigenvalue weighted by Crippen LogP contribution is -2.29. The maximum Gasteiger partial charge on any atom is 0.303 e. The summed E-state index contributed by atoms with van der Waals surface area (Å²) in [7, 11) is 0. The number of carbonyl (C=O) groups excluding carboxylic acids is 1. The third-order valence-corrected chi connectivity index (χ3v) is 4.46. The number of carboxylic acids is 1. The van der Waals surface area contributed by atoms with Gasteiger partial charge in [-0.3, -0.25) is 9.59 Å². The second-order valence-corrected chi connectivity index (χ2v) is 6.02. The van der Waals surface area contributed by atoms with Crippen molar-refractivity contribution in [3.63, 3.8) is 0 Å². The number of aryl methyl sites for hydroxylation is 1. The van der Waals surface area contributed by atoms with Gasteiger partial charge in [0.15, 0.2) is 0 Å². The van der Waals surface area contributed by atoms with E-state index in [0.29, 0.717) is 11.4 Å². The van der Waals surface area contributed by atoms with Gasteiger partial charge < -0.3 is 10.4 Å². The predicted molar refractivity (Wildman–Crippen MR) is 80.3 cm³/mol. The van der Waals surface area contributed by atoms with E-state index in [1.807, 2.05) is 38.1 Å². The molecule has 0 aliphatic carbocycles. The Hall–Kier alpha value is -1.88. The first-order valence-corrected chi connectivity index (χ1v) is 7.28. The zero-order valence-electron chi connectivity index (χ0n) is 11.5. The van der Waals surface area contributed by atoms with Gasteiger partial charge in [-0.05, 0) is 29.9 Å². The van der Waals surface area contributed by atoms with Crippen LogP contribution in [0.25, 0.3) is 10.1 Å². The molecule has 0 radical (unpaired) electrons. The summed E-state index contributed by atoms with van der Waals surface area (Å²) < 4.78 is 1.09. The molecule has 0 aliphatic heterocycles. The van der Waals surface area contributed by atoms with Crippen molar-refractivity contribution in [3.05, 3.63) is 34.7 Å². The highest BCUT2D eigenvalue weighted by atomic mass is 32.1. The molecule has 106 valence electrons. The maximum atomic E-state index is 12.2. The number of carbonyl (C=O) groups is 2. The largest absolute Gasteiger partial charge is 0.481 e. The van der Waals surface area contributed by atoms with Crippen molar-refractivity contribution >= 4 is 33.3 Å². The van der Waals surface area contributed by atoms with Crippen molar-refractivity contribution in [2.45, 2.75) is 20.3 Å². The molecule has 1 heterocycles. The summed E-state index contributed by atoms with van der Waals surface area (Å²) in [5, 5.41) is 12.6. The molecule has 0 bridgehead atoms. The summed E-state index contributed by atoms with van der Waals surface area (Å²) in [6.45, 7) is 4.12. The van der Waals surface area contributed by atoms with Crippen molar-refractivity contribution in [2.75, 3.05) is 6.54 Å². The maximum absolute atomic E-state index is 12.2. The Morgan fingerprint density at radius 3 is 2.70 bits per heavy atom. The van der Waals surface area contributed by atoms with Gasteiger partial charge in [-0.15, -0.1) is 11.3 Å². The van der Waals surface area contributed by atoms with E-state index < -0.39 is 5.97 Å². The fourth-order valence-corrected chi connectivity index (χ4v) is 3.23. The van der Waals surface area contributed by atoms with Crippen LogP contribution in [-0.4, -0.2) is 23.5 Å². The summed E-state index contributed by atoms with van der Waals surface area (Å²) in [6.07, 6.45) is 0.0612. The monoisotopic (exact) mass is 291 g/mol. The number of hydrogen-bond acceptors (Lipinski definition) is 3. The average Bonchev–Trinajstić information content (AvgIpc) is 2.73. The average molecular weight is 291 g/mol. The molecule has 1 aromatic heterocycles. The highest BCUT2D eigenvalue weighted by Crippen LogP contribution is 2.30. The molecule has 1 unspecified atom stereocenters. The minimum Gasteiger partial charge on any atom is -0.481 e. The SMILES string of the molecule is Cc1c(C(=O)NCC(C)CC(=O)O)sc2ccccc12. The van der Waals surface area contributed by atoms with Crippen molar-refractivity contribution < 1.29 is 14.7 Å². The Balaban J connectivity index is 2.08. The standard InChI is InChI=1S/C15H17NO3S/c1-9(7-13(17)18)8-16-15(19)14-10(2)11-5-3-4-6-12(11)20-14/h3-6,9H,7-8H2,1-2H3,(H,16,19)(H,17,18). The number of amides is 1. The first-order valence-electron chi connectivity index (χ1n) is 6.47. The summed E-state index contributed by atoms with van der Waals surface area (Å²) >= 11 is 1.47. The van der Waals surface area contributed by atoms with E-state index in [2.05, 4.69) is 5.32 Å². The zero-order valence-corrected chi connectivity index (χ0v) is 12.3. The molecule has 4 nitrogen and oxygen atoms in total. The van der Waals surface area contributed by atoms with Gasteiger partial charge in [0.05, 0.1) is 4.88 Å². The van der Waals surface area contributed by atoms with Gasteiger partial charge in [0.2, 0.25) is 0 Å². The Bertz CT molecular complexity index is 648. The number of thiophene rings is 1. The molecular weight excluding hydrogens is 274 g/mol. The highest BCUT2D eigenvalue weighted by molar-refractivity contribution is 7.21. The van der Waals surface area contributed by atoms with E-state index in [0.717, 1.165) is 15.6 Å². The van der Waals surface area contributed by atoms with Crippen LogP contribution in [0.15, 0.2) is 24.3 Å². The number of rotatable bonds is 5. The van der Waals surface area contributed by atoms with Gasteiger partial charge in [-0.25, -0.2) is 0 Å². The van der Waals surface area contributed by atoms with Crippen LogP contribution in [0.3, 0.4) is 0 Å². The predicted octanol–water partition coefficient (Wildman–Crippen LogP) is 3.05. The Morgan fingerprint density at radius 1 is 1.35 bits per heavy atom. The summed E-state index contributed by atoms with van der Waals surface area (Å²) in [5.41, 5.74) is 0.981. The summed E-state index contributed by atoms with van der Waals surface area (Å²) in [4.78, 5) is 23.5. The van der Waals surface area contributed by atoms with Crippen LogP contribution in [0, 0.1) is 12.8 Å².